The van der Waals surface area contributed by atoms with Gasteiger partial charge >= 0.3 is 5.97 Å². The molecule has 0 saturated heterocycles. The van der Waals surface area contributed by atoms with Crippen molar-refractivity contribution in [3.05, 3.63) is 35.9 Å². The molecule has 0 spiro atoms. The van der Waals surface area contributed by atoms with E-state index in [9.17, 15) is 9.59 Å². The van der Waals surface area contributed by atoms with E-state index in [0.717, 1.165) is 27.7 Å². The molecule has 1 aliphatic carbocycles. The summed E-state index contributed by atoms with van der Waals surface area (Å²) >= 11 is 5.19. The molecule has 0 saturated carbocycles. The molecule has 1 N–H and O–H groups in total. The summed E-state index contributed by atoms with van der Waals surface area (Å²) in [5.41, 5.74) is 2.20. The van der Waals surface area contributed by atoms with Crippen molar-refractivity contribution in [2.24, 2.45) is 0 Å². The lowest BCUT2D eigenvalue weighted by Gasteiger charge is -2.06. The fraction of sp³-hybridized carbons (Fsp3) is 0.286. The summed E-state index contributed by atoms with van der Waals surface area (Å²) in [5, 5.41) is 5.29. The number of carbonyl (C=O) groups is 2. The van der Waals surface area contributed by atoms with E-state index in [1.54, 1.807) is 0 Å². The van der Waals surface area contributed by atoms with Gasteiger partial charge in [0.1, 0.15) is 5.00 Å². The van der Waals surface area contributed by atoms with Gasteiger partial charge in [-0.05, 0) is 53.5 Å². The van der Waals surface area contributed by atoms with E-state index in [4.69, 9.17) is 4.74 Å². The van der Waals surface area contributed by atoms with Crippen molar-refractivity contribution < 1.29 is 14.3 Å². The molecule has 0 aromatic carbocycles. The summed E-state index contributed by atoms with van der Waals surface area (Å²) in [7, 11) is 1.37. The lowest BCUT2D eigenvalue weighted by molar-refractivity contribution is 0.0601. The van der Waals surface area contributed by atoms with Crippen molar-refractivity contribution in [1.82, 2.24) is 0 Å². The normalized spacial score (nSPS) is 13.0. The van der Waals surface area contributed by atoms with Crippen LogP contribution in [0.3, 0.4) is 0 Å². The third kappa shape index (κ3) is 2.86. The van der Waals surface area contributed by atoms with Crippen LogP contribution in [0.4, 0.5) is 5.00 Å². The summed E-state index contributed by atoms with van der Waals surface area (Å²) in [6.07, 6.45) is 2.90. The van der Waals surface area contributed by atoms with Gasteiger partial charge in [0.15, 0.2) is 0 Å². The molecule has 2 heterocycles. The fourth-order valence-corrected chi connectivity index (χ4v) is 5.01. The molecule has 4 nitrogen and oxygen atoms in total. The van der Waals surface area contributed by atoms with Gasteiger partial charge in [-0.25, -0.2) is 4.79 Å². The molecule has 2 aromatic rings. The van der Waals surface area contributed by atoms with Gasteiger partial charge in [0.25, 0.3) is 5.91 Å². The van der Waals surface area contributed by atoms with Crippen LogP contribution in [0.25, 0.3) is 0 Å². The number of anilines is 1. The molecule has 0 bridgehead atoms. The lowest BCUT2D eigenvalue weighted by atomic mass is 10.1. The highest BCUT2D eigenvalue weighted by Gasteiger charge is 2.28. The Morgan fingerprint density at radius 3 is 2.86 bits per heavy atom. The zero-order valence-electron chi connectivity index (χ0n) is 11.2. The molecule has 0 aliphatic heterocycles. The molecule has 7 heteroatoms. The maximum absolute atomic E-state index is 12.3. The number of nitrogens with one attached hydrogen (secondary N) is 1. The minimum Gasteiger partial charge on any atom is -0.465 e. The fourth-order valence-electron chi connectivity index (χ4n) is 2.41. The van der Waals surface area contributed by atoms with Crippen molar-refractivity contribution in [1.29, 1.82) is 0 Å². The van der Waals surface area contributed by atoms with Gasteiger partial charge in [0.2, 0.25) is 0 Å². The first-order chi connectivity index (χ1) is 10.1. The number of carbonyl (C=O) groups excluding carboxylic acids is 2. The standard InChI is InChI=1S/C14H12INO3S2/c1-19-14(18)11-8-3-2-4-9(8)21-13(11)16-12(17)7-5-10(15)20-6-7/h5-6H,2-4H2,1H3,(H,16,17). The molecular formula is C14H12INO3S2. The number of hydrogen-bond acceptors (Lipinski definition) is 5. The Labute approximate surface area is 143 Å². The largest absolute Gasteiger partial charge is 0.465 e. The highest BCUT2D eigenvalue weighted by molar-refractivity contribution is 14.1. The topological polar surface area (TPSA) is 55.4 Å². The van der Waals surface area contributed by atoms with Crippen molar-refractivity contribution >= 4 is 62.1 Å². The number of esters is 1. The van der Waals surface area contributed by atoms with Gasteiger partial charge in [-0.1, -0.05) is 0 Å². The number of rotatable bonds is 3. The van der Waals surface area contributed by atoms with Crippen LogP contribution in [-0.4, -0.2) is 19.0 Å². The molecule has 110 valence electrons. The van der Waals surface area contributed by atoms with Crippen LogP contribution in [0, 0.1) is 2.88 Å². The van der Waals surface area contributed by atoms with E-state index in [0.29, 0.717) is 16.1 Å². The first kappa shape index (κ1) is 15.0. The maximum atomic E-state index is 12.3. The summed E-state index contributed by atoms with van der Waals surface area (Å²) in [6.45, 7) is 0. The third-order valence-electron chi connectivity index (χ3n) is 3.37. The first-order valence-corrected chi connectivity index (χ1v) is 9.16. The number of methoxy groups -OCH3 is 1. The van der Waals surface area contributed by atoms with Gasteiger partial charge in [0, 0.05) is 10.3 Å². The molecule has 0 unspecified atom stereocenters. The Kier molecular flexibility index (Phi) is 4.32. The Morgan fingerprint density at radius 2 is 2.19 bits per heavy atom. The number of aryl methyl sites for hydroxylation is 1. The highest BCUT2D eigenvalue weighted by Crippen LogP contribution is 2.39. The van der Waals surface area contributed by atoms with Crippen molar-refractivity contribution in [3.8, 4) is 0 Å². The predicted molar refractivity (Wildman–Crippen MR) is 92.7 cm³/mol. The predicted octanol–water partition coefficient (Wildman–Crippen LogP) is 3.94. The SMILES string of the molecule is COC(=O)c1c(NC(=O)c2csc(I)c2)sc2c1CCC2. The summed E-state index contributed by atoms with van der Waals surface area (Å²) < 4.78 is 5.92. The minimum absolute atomic E-state index is 0.181. The molecule has 2 aromatic heterocycles. The van der Waals surface area contributed by atoms with Crippen LogP contribution in [0.2, 0.25) is 0 Å². The van der Waals surface area contributed by atoms with Crippen LogP contribution >= 0.6 is 45.3 Å². The number of amides is 1. The number of fused-ring (bicyclic) bond motifs is 1. The van der Waals surface area contributed by atoms with Crippen molar-refractivity contribution in [3.63, 3.8) is 0 Å². The van der Waals surface area contributed by atoms with Gasteiger partial charge in [0.05, 0.1) is 21.1 Å². The Hall–Kier alpha value is -0.930. The van der Waals surface area contributed by atoms with E-state index in [1.807, 2.05) is 11.4 Å². The molecule has 1 aliphatic rings. The second-order valence-electron chi connectivity index (χ2n) is 4.65. The van der Waals surface area contributed by atoms with Crippen LogP contribution in [0.1, 0.15) is 37.6 Å². The average Bonchev–Trinajstić information content (AvgIpc) is 3.13. The Balaban J connectivity index is 1.92. The zero-order chi connectivity index (χ0) is 15.0. The second kappa shape index (κ2) is 6.05. The third-order valence-corrected chi connectivity index (χ3v) is 6.36. The van der Waals surface area contributed by atoms with Crippen LogP contribution in [0.15, 0.2) is 11.4 Å². The quantitative estimate of drug-likeness (QED) is 0.590. The molecule has 3 rings (SSSR count). The molecule has 0 fully saturated rings. The van der Waals surface area contributed by atoms with Gasteiger partial charge < -0.3 is 10.1 Å². The van der Waals surface area contributed by atoms with E-state index < -0.39 is 0 Å². The summed E-state index contributed by atoms with van der Waals surface area (Å²) in [6, 6.07) is 1.83. The first-order valence-electron chi connectivity index (χ1n) is 6.38. The molecule has 0 radical (unpaired) electrons. The minimum atomic E-state index is -0.371. The van der Waals surface area contributed by atoms with Crippen LogP contribution in [-0.2, 0) is 17.6 Å². The Bertz CT molecular complexity index is 720. The van der Waals surface area contributed by atoms with E-state index >= 15 is 0 Å². The zero-order valence-corrected chi connectivity index (χ0v) is 15.0. The van der Waals surface area contributed by atoms with E-state index in [-0.39, 0.29) is 11.9 Å². The number of thiophene rings is 2. The second-order valence-corrected chi connectivity index (χ2v) is 8.56. The molecule has 1 amide bonds. The van der Waals surface area contributed by atoms with Crippen LogP contribution in [0.5, 0.6) is 0 Å². The number of halogens is 1. The summed E-state index contributed by atoms with van der Waals surface area (Å²) in [5.74, 6) is -0.552. The van der Waals surface area contributed by atoms with Crippen LogP contribution < -0.4 is 5.32 Å². The molecule has 0 atom stereocenters. The Morgan fingerprint density at radius 1 is 1.38 bits per heavy atom. The number of ether oxygens (including phenoxy) is 1. The lowest BCUT2D eigenvalue weighted by Crippen LogP contribution is -2.14. The smallest absolute Gasteiger partial charge is 0.341 e. The number of hydrogen-bond donors (Lipinski definition) is 1. The van der Waals surface area contributed by atoms with Crippen molar-refractivity contribution in [2.45, 2.75) is 19.3 Å². The maximum Gasteiger partial charge on any atom is 0.341 e. The van der Waals surface area contributed by atoms with E-state index in [1.165, 1.54) is 34.7 Å². The molecular weight excluding hydrogens is 421 g/mol. The van der Waals surface area contributed by atoms with Gasteiger partial charge in [-0.2, -0.15) is 0 Å². The highest BCUT2D eigenvalue weighted by atomic mass is 127. The summed E-state index contributed by atoms with van der Waals surface area (Å²) in [4.78, 5) is 25.5. The van der Waals surface area contributed by atoms with Gasteiger partial charge in [-0.3, -0.25) is 4.79 Å². The van der Waals surface area contributed by atoms with Gasteiger partial charge in [-0.15, -0.1) is 22.7 Å². The molecule has 21 heavy (non-hydrogen) atoms. The monoisotopic (exact) mass is 433 g/mol. The van der Waals surface area contributed by atoms with E-state index in [2.05, 4.69) is 27.9 Å². The van der Waals surface area contributed by atoms with Crippen molar-refractivity contribution in [2.75, 3.05) is 12.4 Å². The average molecular weight is 433 g/mol.